The highest BCUT2D eigenvalue weighted by Gasteiger charge is 2.04. The largest absolute Gasteiger partial charge is 0.466 e. The van der Waals surface area contributed by atoms with E-state index in [1.165, 1.54) is 0 Å². The number of aliphatic hydroxyl groups is 1. The first-order valence-corrected chi connectivity index (χ1v) is 3.93. The van der Waals surface area contributed by atoms with Gasteiger partial charge in [-0.15, -0.1) is 0 Å². The van der Waals surface area contributed by atoms with Gasteiger partial charge in [0.2, 0.25) is 0 Å². The van der Waals surface area contributed by atoms with Crippen molar-refractivity contribution >= 4 is 0 Å². The van der Waals surface area contributed by atoms with Crippen molar-refractivity contribution in [2.45, 2.75) is 26.2 Å². The second kappa shape index (κ2) is 3.58. The quantitative estimate of drug-likeness (QED) is 0.721. The Hall–Kier alpha value is -0.760. The lowest BCUT2D eigenvalue weighted by Crippen LogP contribution is -1.87. The summed E-state index contributed by atoms with van der Waals surface area (Å²) in [6.45, 7) is 4.33. The zero-order valence-corrected chi connectivity index (χ0v) is 7.00. The Labute approximate surface area is 66.8 Å². The molecule has 0 amide bonds. The molecule has 0 unspecified atom stereocenters. The smallest absolute Gasteiger partial charge is 0.106 e. The SMILES string of the molecule is CC(C)c1ccc(CCO)o1. The first kappa shape index (κ1) is 8.34. The zero-order valence-electron chi connectivity index (χ0n) is 7.00. The van der Waals surface area contributed by atoms with Crippen molar-refractivity contribution in [1.82, 2.24) is 0 Å². The van der Waals surface area contributed by atoms with Crippen LogP contribution in [0.25, 0.3) is 0 Å². The summed E-state index contributed by atoms with van der Waals surface area (Å²) in [6, 6.07) is 3.89. The molecule has 1 aromatic rings. The van der Waals surface area contributed by atoms with E-state index in [1.807, 2.05) is 12.1 Å². The van der Waals surface area contributed by atoms with Crippen LogP contribution in [0.1, 0.15) is 31.3 Å². The van der Waals surface area contributed by atoms with E-state index in [-0.39, 0.29) is 6.61 Å². The molecule has 11 heavy (non-hydrogen) atoms. The zero-order chi connectivity index (χ0) is 8.27. The molecule has 0 radical (unpaired) electrons. The standard InChI is InChI=1S/C9H14O2/c1-7(2)9-4-3-8(11-9)5-6-10/h3-4,7,10H,5-6H2,1-2H3. The van der Waals surface area contributed by atoms with Gasteiger partial charge < -0.3 is 9.52 Å². The van der Waals surface area contributed by atoms with E-state index in [0.717, 1.165) is 11.5 Å². The molecule has 0 bridgehead atoms. The topological polar surface area (TPSA) is 33.4 Å². The molecule has 2 nitrogen and oxygen atoms in total. The van der Waals surface area contributed by atoms with Gasteiger partial charge >= 0.3 is 0 Å². The summed E-state index contributed by atoms with van der Waals surface area (Å²) >= 11 is 0. The lowest BCUT2D eigenvalue weighted by atomic mass is 10.2. The van der Waals surface area contributed by atoms with Crippen LogP contribution >= 0.6 is 0 Å². The van der Waals surface area contributed by atoms with Gasteiger partial charge in [0.15, 0.2) is 0 Å². The average Bonchev–Trinajstić information content (AvgIpc) is 2.37. The molecule has 0 atom stereocenters. The summed E-state index contributed by atoms with van der Waals surface area (Å²) in [5, 5.41) is 8.61. The second-order valence-corrected chi connectivity index (χ2v) is 2.93. The summed E-state index contributed by atoms with van der Waals surface area (Å²) < 4.78 is 5.43. The van der Waals surface area contributed by atoms with Crippen LogP contribution in [0.4, 0.5) is 0 Å². The van der Waals surface area contributed by atoms with Gasteiger partial charge in [0, 0.05) is 12.3 Å². The van der Waals surface area contributed by atoms with Gasteiger partial charge in [-0.3, -0.25) is 0 Å². The van der Waals surface area contributed by atoms with Gasteiger partial charge in [-0.1, -0.05) is 13.8 Å². The van der Waals surface area contributed by atoms with Gasteiger partial charge in [-0.05, 0) is 12.1 Å². The minimum atomic E-state index is 0.158. The Morgan fingerprint density at radius 2 is 2.18 bits per heavy atom. The average molecular weight is 154 g/mol. The Bertz CT molecular complexity index is 213. The fourth-order valence-corrected chi connectivity index (χ4v) is 0.949. The van der Waals surface area contributed by atoms with Crippen molar-refractivity contribution in [2.24, 2.45) is 0 Å². The van der Waals surface area contributed by atoms with Gasteiger partial charge in [0.1, 0.15) is 11.5 Å². The molecule has 0 aliphatic rings. The lowest BCUT2D eigenvalue weighted by molar-refractivity contribution is 0.285. The van der Waals surface area contributed by atoms with E-state index in [0.29, 0.717) is 12.3 Å². The molecule has 62 valence electrons. The maximum absolute atomic E-state index is 8.61. The second-order valence-electron chi connectivity index (χ2n) is 2.93. The predicted octanol–water partition coefficient (Wildman–Crippen LogP) is 1.94. The highest BCUT2D eigenvalue weighted by molar-refractivity contribution is 5.09. The minimum absolute atomic E-state index is 0.158. The van der Waals surface area contributed by atoms with Crippen molar-refractivity contribution < 1.29 is 9.52 Å². The van der Waals surface area contributed by atoms with Crippen LogP contribution in [0.5, 0.6) is 0 Å². The number of furan rings is 1. The molecular formula is C9H14O2. The predicted molar refractivity (Wildman–Crippen MR) is 43.6 cm³/mol. The molecule has 0 saturated heterocycles. The normalized spacial score (nSPS) is 10.9. The van der Waals surface area contributed by atoms with Gasteiger partial charge in [-0.2, -0.15) is 0 Å². The molecular weight excluding hydrogens is 140 g/mol. The van der Waals surface area contributed by atoms with Crippen LogP contribution in [0.3, 0.4) is 0 Å². The van der Waals surface area contributed by atoms with E-state index in [9.17, 15) is 0 Å². The van der Waals surface area contributed by atoms with Crippen molar-refractivity contribution in [3.8, 4) is 0 Å². The molecule has 0 aromatic carbocycles. The highest BCUT2D eigenvalue weighted by Crippen LogP contribution is 2.17. The Morgan fingerprint density at radius 3 is 2.64 bits per heavy atom. The summed E-state index contributed by atoms with van der Waals surface area (Å²) in [4.78, 5) is 0. The summed E-state index contributed by atoms with van der Waals surface area (Å²) in [5.74, 6) is 2.30. The molecule has 0 spiro atoms. The van der Waals surface area contributed by atoms with Gasteiger partial charge in [0.05, 0.1) is 6.61 Å². The first-order chi connectivity index (χ1) is 5.24. The van der Waals surface area contributed by atoms with Crippen LogP contribution < -0.4 is 0 Å². The fraction of sp³-hybridized carbons (Fsp3) is 0.556. The van der Waals surface area contributed by atoms with E-state index < -0.39 is 0 Å². The van der Waals surface area contributed by atoms with E-state index >= 15 is 0 Å². The first-order valence-electron chi connectivity index (χ1n) is 3.93. The summed E-state index contributed by atoms with van der Waals surface area (Å²) in [7, 11) is 0. The van der Waals surface area contributed by atoms with Crippen molar-refractivity contribution in [3.63, 3.8) is 0 Å². The number of hydrogen-bond acceptors (Lipinski definition) is 2. The van der Waals surface area contributed by atoms with Crippen molar-refractivity contribution in [1.29, 1.82) is 0 Å². The summed E-state index contributed by atoms with van der Waals surface area (Å²) in [5.41, 5.74) is 0. The number of rotatable bonds is 3. The molecule has 1 N–H and O–H groups in total. The van der Waals surface area contributed by atoms with E-state index in [2.05, 4.69) is 13.8 Å². The van der Waals surface area contributed by atoms with Gasteiger partial charge in [0.25, 0.3) is 0 Å². The molecule has 1 aromatic heterocycles. The van der Waals surface area contributed by atoms with Crippen LogP contribution in [-0.4, -0.2) is 11.7 Å². The van der Waals surface area contributed by atoms with Crippen LogP contribution in [0.2, 0.25) is 0 Å². The molecule has 0 fully saturated rings. The molecule has 2 heteroatoms. The number of aliphatic hydroxyl groups excluding tert-OH is 1. The van der Waals surface area contributed by atoms with E-state index in [4.69, 9.17) is 9.52 Å². The van der Waals surface area contributed by atoms with Crippen LogP contribution in [-0.2, 0) is 6.42 Å². The molecule has 0 aliphatic heterocycles. The maximum Gasteiger partial charge on any atom is 0.106 e. The maximum atomic E-state index is 8.61. The van der Waals surface area contributed by atoms with Crippen LogP contribution in [0, 0.1) is 0 Å². The van der Waals surface area contributed by atoms with Gasteiger partial charge in [-0.25, -0.2) is 0 Å². The monoisotopic (exact) mass is 154 g/mol. The lowest BCUT2D eigenvalue weighted by Gasteiger charge is -1.97. The van der Waals surface area contributed by atoms with Crippen LogP contribution in [0.15, 0.2) is 16.5 Å². The Balaban J connectivity index is 2.66. The minimum Gasteiger partial charge on any atom is -0.466 e. The third kappa shape index (κ3) is 2.09. The highest BCUT2D eigenvalue weighted by atomic mass is 16.3. The molecule has 0 saturated carbocycles. The van der Waals surface area contributed by atoms with E-state index in [1.54, 1.807) is 0 Å². The Kier molecular flexibility index (Phi) is 2.71. The number of hydrogen-bond donors (Lipinski definition) is 1. The Morgan fingerprint density at radius 1 is 1.45 bits per heavy atom. The molecule has 0 aliphatic carbocycles. The third-order valence-corrected chi connectivity index (χ3v) is 1.61. The fourth-order valence-electron chi connectivity index (χ4n) is 0.949. The molecule has 1 rings (SSSR count). The summed E-state index contributed by atoms with van der Waals surface area (Å²) in [6.07, 6.45) is 0.618. The van der Waals surface area contributed by atoms with Crippen molar-refractivity contribution in [2.75, 3.05) is 6.61 Å². The van der Waals surface area contributed by atoms with Crippen molar-refractivity contribution in [3.05, 3.63) is 23.7 Å². The molecule has 1 heterocycles. The third-order valence-electron chi connectivity index (χ3n) is 1.61.